The number of benzene rings is 1. The highest BCUT2D eigenvalue weighted by Crippen LogP contribution is 2.32. The van der Waals surface area contributed by atoms with E-state index in [0.717, 1.165) is 27.7 Å². The maximum atomic E-state index is 13.1. The lowest BCUT2D eigenvalue weighted by Crippen LogP contribution is -2.66. The van der Waals surface area contributed by atoms with Gasteiger partial charge in [-0.05, 0) is 26.0 Å². The van der Waals surface area contributed by atoms with Gasteiger partial charge >= 0.3 is 29.9 Å². The van der Waals surface area contributed by atoms with Crippen LogP contribution in [0.4, 0.5) is 16.2 Å². The minimum atomic E-state index is -1.52. The van der Waals surface area contributed by atoms with Crippen LogP contribution in [0.15, 0.2) is 24.3 Å². The molecule has 0 aromatic heterocycles. The number of hydrogen-bond donors (Lipinski definition) is 2. The summed E-state index contributed by atoms with van der Waals surface area (Å²) in [7, 11) is 0. The van der Waals surface area contributed by atoms with Gasteiger partial charge in [0.05, 0.1) is 24.7 Å². The minimum absolute atomic E-state index is 0.140. The molecule has 0 radical (unpaired) electrons. The highest BCUT2D eigenvalue weighted by molar-refractivity contribution is 5.90. The molecule has 0 spiro atoms. The number of nitrogens with zero attached hydrogens (tertiary/aromatic N) is 1. The number of carbonyl (C=O) groups is 5. The van der Waals surface area contributed by atoms with Gasteiger partial charge in [0.1, 0.15) is 18.2 Å². The zero-order chi connectivity index (χ0) is 34.2. The molecule has 2 heterocycles. The first-order valence-corrected chi connectivity index (χ1v) is 14.0. The number of nitro groups is 1. The number of ether oxygens (including phenoxy) is 8. The Morgan fingerprint density at radius 3 is 1.93 bits per heavy atom. The van der Waals surface area contributed by atoms with E-state index in [0.29, 0.717) is 0 Å². The molecular formula is C28H37N3O15. The molecule has 0 saturated carbocycles. The summed E-state index contributed by atoms with van der Waals surface area (Å²) in [4.78, 5) is 71.3. The van der Waals surface area contributed by atoms with E-state index in [2.05, 4.69) is 10.6 Å². The molecule has 18 heteroatoms. The summed E-state index contributed by atoms with van der Waals surface area (Å²) >= 11 is 0. The Kier molecular flexibility index (Phi) is 12.0. The molecule has 2 saturated heterocycles. The molecule has 0 aliphatic carbocycles. The van der Waals surface area contributed by atoms with Gasteiger partial charge in [0.15, 0.2) is 30.4 Å². The number of esters is 4. The summed E-state index contributed by atoms with van der Waals surface area (Å²) in [5.41, 5.74) is -1.31. The first-order valence-electron chi connectivity index (χ1n) is 14.0. The zero-order valence-corrected chi connectivity index (χ0v) is 26.1. The number of carbonyl (C=O) groups excluding carboxylic acids is 5. The molecule has 3 rings (SSSR count). The van der Waals surface area contributed by atoms with Crippen LogP contribution >= 0.6 is 0 Å². The van der Waals surface area contributed by atoms with Crippen LogP contribution in [0.5, 0.6) is 0 Å². The van der Waals surface area contributed by atoms with Crippen molar-refractivity contribution < 1.29 is 66.8 Å². The Morgan fingerprint density at radius 2 is 1.41 bits per heavy atom. The average molecular weight is 656 g/mol. The molecule has 5 atom stereocenters. The second-order valence-corrected chi connectivity index (χ2v) is 11.0. The van der Waals surface area contributed by atoms with Crippen LogP contribution in [-0.4, -0.2) is 103 Å². The second kappa shape index (κ2) is 15.3. The number of nitrogens with one attached hydrogen (secondary N) is 2. The number of hydrogen-bond acceptors (Lipinski definition) is 15. The predicted octanol–water partition coefficient (Wildman–Crippen LogP) is 1.34. The number of amides is 2. The van der Waals surface area contributed by atoms with Crippen LogP contribution in [0, 0.1) is 10.1 Å². The van der Waals surface area contributed by atoms with Crippen molar-refractivity contribution >= 4 is 41.3 Å². The smallest absolute Gasteiger partial charge is 0.319 e. The summed E-state index contributed by atoms with van der Waals surface area (Å²) in [5.74, 6) is -4.13. The SMILES string of the molecule is CC(=O)OC[C@H]1O[C@@H](OCC2(NC(=O)Nc3ccc([N+](=O)[O-])cc3)COC(C)(C)OC2)[C@H](OC(C)=O)[C@@H](OC(C)=O)[C@H]1OC(C)=O. The van der Waals surface area contributed by atoms with Crippen LogP contribution in [-0.2, 0) is 57.1 Å². The topological polar surface area (TPSA) is 226 Å². The van der Waals surface area contributed by atoms with E-state index < -0.39 is 90.1 Å². The average Bonchev–Trinajstić information content (AvgIpc) is 2.94. The summed E-state index contributed by atoms with van der Waals surface area (Å²) in [6, 6.07) is 4.37. The van der Waals surface area contributed by atoms with Crippen molar-refractivity contribution in [2.45, 2.75) is 83.6 Å². The van der Waals surface area contributed by atoms with Gasteiger partial charge in [-0.1, -0.05) is 0 Å². The molecule has 0 unspecified atom stereocenters. The molecule has 46 heavy (non-hydrogen) atoms. The van der Waals surface area contributed by atoms with Gasteiger partial charge in [-0.3, -0.25) is 29.3 Å². The van der Waals surface area contributed by atoms with Crippen molar-refractivity contribution in [3.63, 3.8) is 0 Å². The van der Waals surface area contributed by atoms with E-state index in [9.17, 15) is 34.1 Å². The Hall–Kier alpha value is -4.39. The van der Waals surface area contributed by atoms with Crippen LogP contribution in [0.1, 0.15) is 41.5 Å². The second-order valence-electron chi connectivity index (χ2n) is 11.0. The van der Waals surface area contributed by atoms with Crippen molar-refractivity contribution in [3.8, 4) is 0 Å². The van der Waals surface area contributed by atoms with E-state index in [1.165, 1.54) is 24.3 Å². The van der Waals surface area contributed by atoms with Gasteiger partial charge in [0.25, 0.3) is 5.69 Å². The van der Waals surface area contributed by atoms with Gasteiger partial charge in [-0.2, -0.15) is 0 Å². The van der Waals surface area contributed by atoms with Gasteiger partial charge < -0.3 is 48.5 Å². The van der Waals surface area contributed by atoms with E-state index in [4.69, 9.17) is 37.9 Å². The highest BCUT2D eigenvalue weighted by Gasteiger charge is 2.54. The summed E-state index contributed by atoms with van der Waals surface area (Å²) in [5, 5.41) is 16.3. The Balaban J connectivity index is 1.89. The van der Waals surface area contributed by atoms with Gasteiger partial charge in [-0.25, -0.2) is 4.79 Å². The number of non-ortho nitro benzene ring substituents is 1. The summed E-state index contributed by atoms with van der Waals surface area (Å²) in [6.07, 6.45) is -7.11. The van der Waals surface area contributed by atoms with E-state index in [1.807, 2.05) is 0 Å². The number of nitro benzene ring substituents is 1. The third-order valence-corrected chi connectivity index (χ3v) is 6.58. The molecule has 1 aromatic rings. The van der Waals surface area contributed by atoms with Crippen LogP contribution in [0.2, 0.25) is 0 Å². The molecular weight excluding hydrogens is 618 g/mol. The summed E-state index contributed by atoms with van der Waals surface area (Å²) < 4.78 is 44.9. The molecule has 0 bridgehead atoms. The van der Waals surface area contributed by atoms with Crippen LogP contribution in [0.25, 0.3) is 0 Å². The monoisotopic (exact) mass is 655 g/mol. The normalized spacial score (nSPS) is 24.9. The molecule has 18 nitrogen and oxygen atoms in total. The van der Waals surface area contributed by atoms with Gasteiger partial charge in [0.2, 0.25) is 0 Å². The molecule has 2 fully saturated rings. The highest BCUT2D eigenvalue weighted by atomic mass is 16.7. The first-order chi connectivity index (χ1) is 21.5. The molecule has 2 N–H and O–H groups in total. The fraction of sp³-hybridized carbons (Fsp3) is 0.607. The van der Waals surface area contributed by atoms with Crippen molar-refractivity contribution in [1.29, 1.82) is 0 Å². The molecule has 2 amide bonds. The number of anilines is 1. The number of urea groups is 1. The zero-order valence-electron chi connectivity index (χ0n) is 26.1. The maximum Gasteiger partial charge on any atom is 0.319 e. The van der Waals surface area contributed by atoms with E-state index in [1.54, 1.807) is 13.8 Å². The van der Waals surface area contributed by atoms with E-state index >= 15 is 0 Å². The minimum Gasteiger partial charge on any atom is -0.463 e. The third kappa shape index (κ3) is 10.3. The maximum absolute atomic E-state index is 13.1. The Morgan fingerprint density at radius 1 is 0.870 bits per heavy atom. The molecule has 2 aliphatic rings. The van der Waals surface area contributed by atoms with Gasteiger partial charge in [-0.15, -0.1) is 0 Å². The lowest BCUT2D eigenvalue weighted by molar-refractivity contribution is -0.384. The molecule has 1 aromatic carbocycles. The molecule has 2 aliphatic heterocycles. The largest absolute Gasteiger partial charge is 0.463 e. The van der Waals surface area contributed by atoms with Crippen molar-refractivity contribution in [1.82, 2.24) is 5.32 Å². The third-order valence-electron chi connectivity index (χ3n) is 6.58. The lowest BCUT2D eigenvalue weighted by atomic mass is 9.97. The Labute approximate surface area is 263 Å². The standard InChI is InChI=1S/C28H37N3O15/c1-15(32)39-11-21-22(43-16(2)33)23(44-17(3)34)24(45-18(4)35)25(46-21)40-12-28(13-41-27(5,6)42-14-28)30-26(36)29-19-7-9-20(10-8-19)31(37)38/h7-10,21-25H,11-14H2,1-6H3,(H2,29,30,36)/t21-,22+,23+,24-,25-/m1/s1. The van der Waals surface area contributed by atoms with Crippen molar-refractivity contribution in [2.75, 3.05) is 31.7 Å². The predicted molar refractivity (Wildman–Crippen MR) is 152 cm³/mol. The van der Waals surface area contributed by atoms with E-state index in [-0.39, 0.29) is 24.6 Å². The van der Waals surface area contributed by atoms with Crippen LogP contribution < -0.4 is 10.6 Å². The fourth-order valence-electron chi connectivity index (χ4n) is 4.53. The summed E-state index contributed by atoms with van der Waals surface area (Å²) in [6.45, 7) is 6.60. The molecule has 254 valence electrons. The quantitative estimate of drug-likeness (QED) is 0.148. The Bertz CT molecular complexity index is 1290. The van der Waals surface area contributed by atoms with Crippen molar-refractivity contribution in [3.05, 3.63) is 34.4 Å². The van der Waals surface area contributed by atoms with Crippen molar-refractivity contribution in [2.24, 2.45) is 0 Å². The first kappa shape index (κ1) is 36.1. The van der Waals surface area contributed by atoms with Crippen LogP contribution in [0.3, 0.4) is 0 Å². The number of rotatable bonds is 11. The fourth-order valence-corrected chi connectivity index (χ4v) is 4.53. The lowest BCUT2D eigenvalue weighted by Gasteiger charge is -2.46. The van der Waals surface area contributed by atoms with Gasteiger partial charge in [0, 0.05) is 45.5 Å².